The molecule has 1 aliphatic carbocycles. The molecule has 1 heterocycles. The third-order valence-electron chi connectivity index (χ3n) is 4.41. The lowest BCUT2D eigenvalue weighted by molar-refractivity contribution is -0.138. The Hall–Kier alpha value is -2.16. The van der Waals surface area contributed by atoms with Gasteiger partial charge in [0.1, 0.15) is 5.82 Å². The third-order valence-corrected chi connectivity index (χ3v) is 4.78. The zero-order chi connectivity index (χ0) is 18.2. The minimum atomic E-state index is -4.41. The molecule has 1 fully saturated rings. The Kier molecular flexibility index (Phi) is 4.68. The van der Waals surface area contributed by atoms with Crippen LogP contribution in [0.1, 0.15) is 29.3 Å². The van der Waals surface area contributed by atoms with Crippen molar-refractivity contribution in [1.29, 1.82) is 0 Å². The van der Waals surface area contributed by atoms with Crippen molar-refractivity contribution in [2.75, 3.05) is 6.54 Å². The average Bonchev–Trinajstić information content (AvgIpc) is 3.30. The normalized spacial score (nSPS) is 19.7. The number of rotatable bonds is 5. The zero-order valence-electron chi connectivity index (χ0n) is 13.4. The monoisotopic (exact) mass is 370 g/mol. The van der Waals surface area contributed by atoms with Crippen LogP contribution in [0.15, 0.2) is 24.3 Å². The van der Waals surface area contributed by atoms with Gasteiger partial charge >= 0.3 is 6.18 Å². The van der Waals surface area contributed by atoms with E-state index in [1.807, 2.05) is 0 Å². The number of halogens is 3. The van der Waals surface area contributed by atoms with Crippen LogP contribution in [0.4, 0.5) is 13.2 Å². The fourth-order valence-corrected chi connectivity index (χ4v) is 3.09. The fraction of sp³-hybridized carbons (Fsp3) is 0.438. The van der Waals surface area contributed by atoms with Crippen molar-refractivity contribution in [3.8, 4) is 0 Å². The van der Waals surface area contributed by atoms with Crippen LogP contribution >= 0.6 is 12.2 Å². The smallest absolute Gasteiger partial charge is 0.355 e. The molecule has 1 aromatic heterocycles. The predicted molar refractivity (Wildman–Crippen MR) is 87.4 cm³/mol. The number of carbonyl (C=O) groups is 1. The lowest BCUT2D eigenvalue weighted by atomic mass is 10.0. The van der Waals surface area contributed by atoms with Gasteiger partial charge in [0.15, 0.2) is 4.77 Å². The van der Waals surface area contributed by atoms with E-state index in [1.165, 1.54) is 12.1 Å². The van der Waals surface area contributed by atoms with Crippen LogP contribution in [0.25, 0.3) is 0 Å². The second-order valence-corrected chi connectivity index (χ2v) is 6.47. The minimum absolute atomic E-state index is 0.199. The Morgan fingerprint density at radius 3 is 2.80 bits per heavy atom. The highest BCUT2D eigenvalue weighted by Crippen LogP contribution is 2.50. The molecule has 3 rings (SSSR count). The number of nitrogens with zero attached hydrogens (tertiary/aromatic N) is 2. The molecule has 5 nitrogen and oxygen atoms in total. The molecule has 1 aromatic carbocycles. The first-order valence-corrected chi connectivity index (χ1v) is 8.24. The SMILES string of the molecule is Cn1c(CCNC(=O)[C@H]2C[C@@H]2c2ccccc2C(F)(F)F)n[nH]c1=S. The van der Waals surface area contributed by atoms with E-state index in [-0.39, 0.29) is 17.4 Å². The molecule has 0 spiro atoms. The van der Waals surface area contributed by atoms with Crippen LogP contribution in [-0.4, -0.2) is 27.2 Å². The number of hydrogen-bond acceptors (Lipinski definition) is 3. The van der Waals surface area contributed by atoms with Crippen molar-refractivity contribution >= 4 is 18.1 Å². The Labute approximate surface area is 147 Å². The number of benzene rings is 1. The van der Waals surface area contributed by atoms with Crippen molar-refractivity contribution in [3.05, 3.63) is 46.0 Å². The van der Waals surface area contributed by atoms with E-state index in [1.54, 1.807) is 17.7 Å². The number of amides is 1. The first kappa shape index (κ1) is 17.7. The average molecular weight is 370 g/mol. The number of aromatic nitrogens is 3. The maximum atomic E-state index is 13.1. The largest absolute Gasteiger partial charge is 0.416 e. The van der Waals surface area contributed by atoms with Crippen molar-refractivity contribution in [2.24, 2.45) is 13.0 Å². The van der Waals surface area contributed by atoms with Crippen molar-refractivity contribution in [3.63, 3.8) is 0 Å². The Morgan fingerprint density at radius 2 is 2.16 bits per heavy atom. The highest BCUT2D eigenvalue weighted by Gasteiger charge is 2.47. The first-order chi connectivity index (χ1) is 11.8. The van der Waals surface area contributed by atoms with E-state index in [2.05, 4.69) is 15.5 Å². The van der Waals surface area contributed by atoms with Crippen molar-refractivity contribution < 1.29 is 18.0 Å². The maximum Gasteiger partial charge on any atom is 0.416 e. The molecule has 0 saturated heterocycles. The van der Waals surface area contributed by atoms with Crippen molar-refractivity contribution in [2.45, 2.75) is 24.9 Å². The molecule has 2 N–H and O–H groups in total. The summed E-state index contributed by atoms with van der Waals surface area (Å²) < 4.78 is 41.4. The summed E-state index contributed by atoms with van der Waals surface area (Å²) in [4.78, 5) is 12.2. The number of hydrogen-bond donors (Lipinski definition) is 2. The quantitative estimate of drug-likeness (QED) is 0.796. The molecular weight excluding hydrogens is 353 g/mol. The number of alkyl halides is 3. The third kappa shape index (κ3) is 3.76. The van der Waals surface area contributed by atoms with E-state index >= 15 is 0 Å². The molecule has 0 bridgehead atoms. The van der Waals surface area contributed by atoms with Gasteiger partial charge in [-0.2, -0.15) is 18.3 Å². The summed E-state index contributed by atoms with van der Waals surface area (Å²) in [5, 5.41) is 9.46. The molecular formula is C16H17F3N4OS. The fourth-order valence-electron chi connectivity index (χ4n) is 2.94. The number of H-pyrrole nitrogens is 1. The zero-order valence-corrected chi connectivity index (χ0v) is 14.2. The van der Waals surface area contributed by atoms with Crippen LogP contribution in [0.3, 0.4) is 0 Å². The van der Waals surface area contributed by atoms with Gasteiger partial charge in [0.25, 0.3) is 0 Å². The van der Waals surface area contributed by atoms with Gasteiger partial charge in [0.2, 0.25) is 5.91 Å². The van der Waals surface area contributed by atoms with Gasteiger partial charge in [-0.3, -0.25) is 9.89 Å². The van der Waals surface area contributed by atoms with Gasteiger partial charge in [-0.05, 0) is 36.2 Å². The molecule has 2 aromatic rings. The second kappa shape index (κ2) is 6.62. The van der Waals surface area contributed by atoms with E-state index in [0.717, 1.165) is 6.07 Å². The summed E-state index contributed by atoms with van der Waals surface area (Å²) in [5.41, 5.74) is -0.457. The molecule has 0 unspecified atom stereocenters. The van der Waals surface area contributed by atoms with Gasteiger partial charge in [0, 0.05) is 25.9 Å². The lowest BCUT2D eigenvalue weighted by Crippen LogP contribution is -2.28. The van der Waals surface area contributed by atoms with Crippen LogP contribution < -0.4 is 5.32 Å². The van der Waals surface area contributed by atoms with E-state index < -0.39 is 17.7 Å². The van der Waals surface area contributed by atoms with Gasteiger partial charge in [0.05, 0.1) is 5.56 Å². The van der Waals surface area contributed by atoms with Crippen LogP contribution in [0.2, 0.25) is 0 Å². The number of carbonyl (C=O) groups excluding carboxylic acids is 1. The first-order valence-electron chi connectivity index (χ1n) is 7.83. The van der Waals surface area contributed by atoms with Gasteiger partial charge in [-0.15, -0.1) is 0 Å². The standard InChI is InChI=1S/C16H17F3N4OS/c1-23-13(21-22-15(23)25)6-7-20-14(24)11-8-10(11)9-4-2-3-5-12(9)16(17,18)19/h2-5,10-11H,6-8H2,1H3,(H,20,24)(H,22,25)/t10-,11+/m1/s1. The lowest BCUT2D eigenvalue weighted by Gasteiger charge is -2.12. The summed E-state index contributed by atoms with van der Waals surface area (Å²) in [6.07, 6.45) is -3.48. The Bertz CT molecular complexity index is 842. The van der Waals surface area contributed by atoms with Crippen LogP contribution in [0.5, 0.6) is 0 Å². The molecule has 134 valence electrons. The predicted octanol–water partition coefficient (Wildman–Crippen LogP) is 2.96. The molecule has 9 heteroatoms. The molecule has 1 saturated carbocycles. The number of aromatic amines is 1. The Balaban J connectivity index is 1.58. The summed E-state index contributed by atoms with van der Waals surface area (Å²) in [6, 6.07) is 5.45. The summed E-state index contributed by atoms with van der Waals surface area (Å²) in [6.45, 7) is 0.358. The maximum absolute atomic E-state index is 13.1. The highest BCUT2D eigenvalue weighted by atomic mass is 32.1. The molecule has 25 heavy (non-hydrogen) atoms. The van der Waals surface area contributed by atoms with Gasteiger partial charge in [-0.25, -0.2) is 0 Å². The number of nitrogens with one attached hydrogen (secondary N) is 2. The van der Waals surface area contributed by atoms with E-state index in [9.17, 15) is 18.0 Å². The molecule has 1 amide bonds. The molecule has 1 aliphatic rings. The van der Waals surface area contributed by atoms with Crippen LogP contribution in [0, 0.1) is 10.7 Å². The van der Waals surface area contributed by atoms with E-state index in [4.69, 9.17) is 12.2 Å². The van der Waals surface area contributed by atoms with Crippen LogP contribution in [-0.2, 0) is 24.4 Å². The summed E-state index contributed by atoms with van der Waals surface area (Å²) in [5.74, 6) is -0.302. The molecule has 0 aliphatic heterocycles. The van der Waals surface area contributed by atoms with Gasteiger partial charge in [-0.1, -0.05) is 18.2 Å². The summed E-state index contributed by atoms with van der Waals surface area (Å²) in [7, 11) is 1.77. The summed E-state index contributed by atoms with van der Waals surface area (Å²) >= 11 is 5.01. The minimum Gasteiger partial charge on any atom is -0.355 e. The topological polar surface area (TPSA) is 62.7 Å². The second-order valence-electron chi connectivity index (χ2n) is 6.08. The van der Waals surface area contributed by atoms with E-state index in [0.29, 0.717) is 30.0 Å². The van der Waals surface area contributed by atoms with Crippen molar-refractivity contribution in [1.82, 2.24) is 20.1 Å². The molecule has 0 radical (unpaired) electrons. The van der Waals surface area contributed by atoms with Gasteiger partial charge < -0.3 is 9.88 Å². The molecule has 2 atom stereocenters. The highest BCUT2D eigenvalue weighted by molar-refractivity contribution is 7.71. The Morgan fingerprint density at radius 1 is 1.44 bits per heavy atom.